The zero-order valence-corrected chi connectivity index (χ0v) is 9.33. The molecule has 7 nitrogen and oxygen atoms in total. The average molecular weight is 245 g/mol. The van der Waals surface area contributed by atoms with Gasteiger partial charge in [-0.1, -0.05) is 18.2 Å². The largest absolute Gasteiger partial charge is 0.364 e. The van der Waals surface area contributed by atoms with E-state index in [1.54, 1.807) is 30.3 Å². The molecule has 0 aromatic heterocycles. The number of hydrazine groups is 1. The fraction of sp³-hybridized carbons (Fsp3) is 0. The van der Waals surface area contributed by atoms with Crippen molar-refractivity contribution < 1.29 is 9.59 Å². The highest BCUT2D eigenvalue weighted by Gasteiger charge is 2.33. The van der Waals surface area contributed by atoms with E-state index in [0.29, 0.717) is 5.69 Å². The molecule has 92 valence electrons. The zero-order chi connectivity index (χ0) is 13.1. The van der Waals surface area contributed by atoms with E-state index in [1.165, 1.54) is 6.20 Å². The lowest BCUT2D eigenvalue weighted by molar-refractivity contribution is -0.115. The van der Waals surface area contributed by atoms with Crippen LogP contribution in [0.1, 0.15) is 0 Å². The summed E-state index contributed by atoms with van der Waals surface area (Å²) in [5.74, 6) is 3.86. The maximum Gasteiger partial charge on any atom is 0.282 e. The normalized spacial score (nSPS) is 16.9. The average Bonchev–Trinajstić information content (AvgIpc) is 2.69. The molecule has 0 radical (unpaired) electrons. The lowest BCUT2D eigenvalue weighted by atomic mass is 10.1. The van der Waals surface area contributed by atoms with Gasteiger partial charge in [-0.25, -0.2) is 0 Å². The van der Waals surface area contributed by atoms with Gasteiger partial charge in [-0.05, 0) is 12.1 Å². The van der Waals surface area contributed by atoms with Gasteiger partial charge in [0.1, 0.15) is 0 Å². The number of carbonyl (C=O) groups excluding carboxylic acids is 2. The minimum atomic E-state index is -0.789. The van der Waals surface area contributed by atoms with Gasteiger partial charge in [0.25, 0.3) is 11.8 Å². The summed E-state index contributed by atoms with van der Waals surface area (Å²) < 4.78 is 0. The summed E-state index contributed by atoms with van der Waals surface area (Å²) in [7, 11) is 0. The molecule has 1 aromatic carbocycles. The number of anilines is 1. The van der Waals surface area contributed by atoms with Crippen molar-refractivity contribution in [2.24, 2.45) is 16.7 Å². The molecule has 0 unspecified atom stereocenters. The molecule has 0 aliphatic carbocycles. The first-order valence-corrected chi connectivity index (χ1v) is 5.09. The molecule has 1 aromatic rings. The Bertz CT molecular complexity index is 550. The highest BCUT2D eigenvalue weighted by atomic mass is 16.2. The van der Waals surface area contributed by atoms with Crippen LogP contribution in [0.3, 0.4) is 0 Å². The number of rotatable bonds is 3. The minimum absolute atomic E-state index is 0.0360. The van der Waals surface area contributed by atoms with Crippen LogP contribution in [-0.4, -0.2) is 17.5 Å². The van der Waals surface area contributed by atoms with Crippen molar-refractivity contribution in [3.8, 4) is 0 Å². The van der Waals surface area contributed by atoms with Crippen LogP contribution in [0.5, 0.6) is 0 Å². The van der Waals surface area contributed by atoms with Gasteiger partial charge in [-0.3, -0.25) is 15.4 Å². The third-order valence-corrected chi connectivity index (χ3v) is 2.34. The molecule has 1 aliphatic heterocycles. The first-order chi connectivity index (χ1) is 8.65. The van der Waals surface area contributed by atoms with E-state index in [2.05, 4.69) is 10.5 Å². The van der Waals surface area contributed by atoms with E-state index < -0.39 is 11.8 Å². The van der Waals surface area contributed by atoms with Crippen molar-refractivity contribution in [2.45, 2.75) is 0 Å². The minimum Gasteiger partial charge on any atom is -0.364 e. The van der Waals surface area contributed by atoms with E-state index in [-0.39, 0.29) is 11.3 Å². The van der Waals surface area contributed by atoms with Crippen molar-refractivity contribution in [1.82, 2.24) is 5.43 Å². The van der Waals surface area contributed by atoms with Gasteiger partial charge in [0.15, 0.2) is 5.71 Å². The van der Waals surface area contributed by atoms with Crippen LogP contribution < -0.4 is 22.0 Å². The predicted molar refractivity (Wildman–Crippen MR) is 66.0 cm³/mol. The van der Waals surface area contributed by atoms with Gasteiger partial charge in [0.2, 0.25) is 0 Å². The Hall–Kier alpha value is -2.67. The Morgan fingerprint density at radius 3 is 2.56 bits per heavy atom. The van der Waals surface area contributed by atoms with Gasteiger partial charge < -0.3 is 11.2 Å². The number of nitrogens with two attached hydrogens (primary N) is 2. The topological polar surface area (TPSA) is 114 Å². The second kappa shape index (κ2) is 4.68. The molecular weight excluding hydrogens is 234 g/mol. The number of nitrogens with zero attached hydrogens (tertiary/aromatic N) is 2. The fourth-order valence-electron chi connectivity index (χ4n) is 1.55. The summed E-state index contributed by atoms with van der Waals surface area (Å²) in [5, 5.41) is 5.00. The molecule has 0 saturated carbocycles. The molecule has 5 N–H and O–H groups in total. The molecular formula is C11H11N5O2. The highest BCUT2D eigenvalue weighted by Crippen LogP contribution is 2.22. The van der Waals surface area contributed by atoms with E-state index in [1.807, 2.05) is 0 Å². The number of hydrogen-bond acceptors (Lipinski definition) is 5. The van der Waals surface area contributed by atoms with Crippen molar-refractivity contribution >= 4 is 23.2 Å². The monoisotopic (exact) mass is 245 g/mol. The lowest BCUT2D eigenvalue weighted by Gasteiger charge is -2.10. The lowest BCUT2D eigenvalue weighted by Crippen LogP contribution is -2.28. The fourth-order valence-corrected chi connectivity index (χ4v) is 1.55. The predicted octanol–water partition coefficient (Wildman–Crippen LogP) is -0.778. The van der Waals surface area contributed by atoms with Gasteiger partial charge in [-0.2, -0.15) is 10.1 Å². The number of para-hydroxylation sites is 1. The molecule has 0 spiro atoms. The third kappa shape index (κ3) is 1.94. The van der Waals surface area contributed by atoms with Crippen LogP contribution in [0.4, 0.5) is 5.69 Å². The van der Waals surface area contributed by atoms with Gasteiger partial charge in [0.05, 0.1) is 11.3 Å². The summed E-state index contributed by atoms with van der Waals surface area (Å²) in [4.78, 5) is 23.3. The smallest absolute Gasteiger partial charge is 0.282 e. The Morgan fingerprint density at radius 1 is 1.33 bits per heavy atom. The van der Waals surface area contributed by atoms with Crippen LogP contribution in [-0.2, 0) is 9.59 Å². The summed E-state index contributed by atoms with van der Waals surface area (Å²) in [5.41, 5.74) is 7.82. The van der Waals surface area contributed by atoms with Crippen molar-refractivity contribution in [3.63, 3.8) is 0 Å². The molecule has 7 heteroatoms. The van der Waals surface area contributed by atoms with Crippen molar-refractivity contribution in [1.29, 1.82) is 0 Å². The third-order valence-electron chi connectivity index (χ3n) is 2.34. The molecule has 0 fully saturated rings. The molecule has 0 saturated heterocycles. The number of amides is 2. The highest BCUT2D eigenvalue weighted by molar-refractivity contribution is 6.54. The van der Waals surface area contributed by atoms with E-state index in [4.69, 9.17) is 11.6 Å². The molecule has 0 atom stereocenters. The number of hydrogen-bond donors (Lipinski definition) is 3. The van der Waals surface area contributed by atoms with Crippen LogP contribution >= 0.6 is 0 Å². The zero-order valence-electron chi connectivity index (χ0n) is 9.33. The van der Waals surface area contributed by atoms with E-state index in [0.717, 1.165) is 5.01 Å². The molecule has 2 amide bonds. The molecule has 2 rings (SSSR count). The summed E-state index contributed by atoms with van der Waals surface area (Å²) in [6, 6.07) is 8.70. The number of carbonyl (C=O) groups is 2. The van der Waals surface area contributed by atoms with E-state index in [9.17, 15) is 9.59 Å². The van der Waals surface area contributed by atoms with Crippen molar-refractivity contribution in [3.05, 3.63) is 42.1 Å². The number of hydrazone groups is 1. The Balaban J connectivity index is 2.44. The summed E-state index contributed by atoms with van der Waals surface area (Å²) in [6.07, 6.45) is 1.19. The first kappa shape index (κ1) is 11.8. The molecule has 18 heavy (non-hydrogen) atoms. The maximum atomic E-state index is 12.1. The Kier molecular flexibility index (Phi) is 3.07. The van der Waals surface area contributed by atoms with Crippen LogP contribution in [0.2, 0.25) is 0 Å². The Morgan fingerprint density at radius 2 is 2.00 bits per heavy atom. The quantitative estimate of drug-likeness (QED) is 0.368. The maximum absolute atomic E-state index is 12.1. The van der Waals surface area contributed by atoms with Gasteiger partial charge >= 0.3 is 0 Å². The second-order valence-electron chi connectivity index (χ2n) is 3.49. The van der Waals surface area contributed by atoms with Crippen molar-refractivity contribution in [2.75, 3.05) is 5.01 Å². The number of primary amides is 1. The second-order valence-corrected chi connectivity index (χ2v) is 3.49. The SMILES string of the molecule is NN/C=C1/C(=O)N(c2ccccc2)N=C1C(N)=O. The molecule has 1 aliphatic rings. The first-order valence-electron chi connectivity index (χ1n) is 5.09. The Labute approximate surface area is 103 Å². The van der Waals surface area contributed by atoms with Crippen LogP contribution in [0, 0.1) is 0 Å². The standard InChI is InChI=1S/C11H11N5O2/c12-10(17)9-8(6-14-13)11(18)16(15-9)7-4-2-1-3-5-7/h1-6,14H,13H2,(H2,12,17)/b8-6+. The van der Waals surface area contributed by atoms with Gasteiger partial charge in [-0.15, -0.1) is 0 Å². The number of benzene rings is 1. The van der Waals surface area contributed by atoms with Crippen LogP contribution in [0.15, 0.2) is 47.2 Å². The summed E-state index contributed by atoms with van der Waals surface area (Å²) >= 11 is 0. The van der Waals surface area contributed by atoms with E-state index >= 15 is 0 Å². The number of nitrogens with one attached hydrogen (secondary N) is 1. The summed E-state index contributed by atoms with van der Waals surface area (Å²) in [6.45, 7) is 0. The van der Waals surface area contributed by atoms with Crippen LogP contribution in [0.25, 0.3) is 0 Å². The molecule has 0 bridgehead atoms. The molecule has 1 heterocycles. The van der Waals surface area contributed by atoms with Gasteiger partial charge in [0, 0.05) is 6.20 Å².